The third-order valence-corrected chi connectivity index (χ3v) is 3.30. The van der Waals surface area contributed by atoms with Crippen LogP contribution in [0.4, 0.5) is 5.69 Å². The Labute approximate surface area is 134 Å². The highest BCUT2D eigenvalue weighted by molar-refractivity contribution is 5.74. The fourth-order valence-electron chi connectivity index (χ4n) is 1.60. The number of ether oxygens (including phenoxy) is 2. The fraction of sp³-hybridized carbons (Fsp3) is 0.500. The summed E-state index contributed by atoms with van der Waals surface area (Å²) in [7, 11) is 0. The molecule has 0 amide bonds. The van der Waals surface area contributed by atoms with Gasteiger partial charge < -0.3 is 9.47 Å². The quantitative estimate of drug-likeness (QED) is 0.315. The highest BCUT2D eigenvalue weighted by atomic mass is 16.6. The van der Waals surface area contributed by atoms with E-state index in [-0.39, 0.29) is 42.3 Å². The molecule has 0 N–H and O–H groups in total. The molecule has 0 saturated heterocycles. The zero-order valence-corrected chi connectivity index (χ0v) is 13.5. The lowest BCUT2D eigenvalue weighted by Crippen LogP contribution is -2.20. The number of nitrogens with zero attached hydrogens (tertiary/aromatic N) is 1. The van der Waals surface area contributed by atoms with Gasteiger partial charge in [0.1, 0.15) is 11.9 Å². The zero-order valence-electron chi connectivity index (χ0n) is 13.5. The normalized spacial score (nSPS) is 11.8. The van der Waals surface area contributed by atoms with Crippen LogP contribution in [0.3, 0.4) is 0 Å². The largest absolute Gasteiger partial charge is 0.462 e. The van der Waals surface area contributed by atoms with Crippen LogP contribution < -0.4 is 4.74 Å². The van der Waals surface area contributed by atoms with Crippen molar-refractivity contribution >= 4 is 17.6 Å². The predicted molar refractivity (Wildman–Crippen MR) is 83.0 cm³/mol. The molecule has 0 saturated carbocycles. The van der Waals surface area contributed by atoms with Crippen molar-refractivity contribution in [2.24, 2.45) is 5.92 Å². The average Bonchev–Trinajstić information content (AvgIpc) is 2.47. The van der Waals surface area contributed by atoms with Gasteiger partial charge in [0.15, 0.2) is 0 Å². The van der Waals surface area contributed by atoms with E-state index >= 15 is 0 Å². The van der Waals surface area contributed by atoms with E-state index in [0.29, 0.717) is 6.42 Å². The number of esters is 2. The van der Waals surface area contributed by atoms with Crippen LogP contribution in [0.5, 0.6) is 5.75 Å². The molecule has 7 heteroatoms. The third-order valence-electron chi connectivity index (χ3n) is 3.30. The van der Waals surface area contributed by atoms with Gasteiger partial charge in [-0.1, -0.05) is 13.8 Å². The highest BCUT2D eigenvalue weighted by Gasteiger charge is 2.14. The van der Waals surface area contributed by atoms with Crippen LogP contribution >= 0.6 is 0 Å². The maximum atomic E-state index is 11.6. The Kier molecular flexibility index (Phi) is 7.18. The van der Waals surface area contributed by atoms with Crippen LogP contribution in [0.25, 0.3) is 0 Å². The molecule has 1 aromatic carbocycles. The molecular weight excluding hydrogens is 302 g/mol. The first-order chi connectivity index (χ1) is 10.8. The van der Waals surface area contributed by atoms with Gasteiger partial charge in [0, 0.05) is 25.0 Å². The second-order valence-electron chi connectivity index (χ2n) is 5.52. The Bertz CT molecular complexity index is 552. The topological polar surface area (TPSA) is 95.7 Å². The molecule has 1 unspecified atom stereocenters. The number of non-ortho nitro benzene ring substituents is 1. The molecule has 0 aromatic heterocycles. The molecule has 0 fully saturated rings. The second kappa shape index (κ2) is 8.87. The molecule has 1 aromatic rings. The number of carbonyl (C=O) groups excluding carboxylic acids is 2. The van der Waals surface area contributed by atoms with Crippen molar-refractivity contribution in [2.75, 3.05) is 0 Å². The summed E-state index contributed by atoms with van der Waals surface area (Å²) >= 11 is 0. The molecule has 0 aliphatic rings. The average molecular weight is 323 g/mol. The molecule has 0 aliphatic carbocycles. The van der Waals surface area contributed by atoms with Gasteiger partial charge >= 0.3 is 11.9 Å². The van der Waals surface area contributed by atoms with Gasteiger partial charge in [0.05, 0.1) is 4.92 Å². The van der Waals surface area contributed by atoms with Crippen molar-refractivity contribution < 1.29 is 24.0 Å². The number of nitro groups is 1. The molecule has 7 nitrogen and oxygen atoms in total. The first-order valence-corrected chi connectivity index (χ1v) is 7.44. The minimum absolute atomic E-state index is 0.0716. The molecular formula is C16H21NO6. The van der Waals surface area contributed by atoms with E-state index in [0.717, 1.165) is 0 Å². The van der Waals surface area contributed by atoms with Crippen LogP contribution in [-0.2, 0) is 14.3 Å². The number of benzene rings is 1. The summed E-state index contributed by atoms with van der Waals surface area (Å²) in [4.78, 5) is 33.2. The van der Waals surface area contributed by atoms with E-state index < -0.39 is 10.9 Å². The van der Waals surface area contributed by atoms with E-state index in [9.17, 15) is 19.7 Å². The molecule has 0 spiro atoms. The smallest absolute Gasteiger partial charge is 0.311 e. The van der Waals surface area contributed by atoms with Crippen molar-refractivity contribution in [3.63, 3.8) is 0 Å². The molecule has 23 heavy (non-hydrogen) atoms. The standard InChI is InChI=1S/C16H21NO6/c1-11(2)12(3)22-15(18)5-4-6-16(19)23-14-9-7-13(8-10-14)17(20)21/h7-12H,4-6H2,1-3H3. The van der Waals surface area contributed by atoms with Gasteiger partial charge in [-0.15, -0.1) is 0 Å². The van der Waals surface area contributed by atoms with Crippen molar-refractivity contribution in [3.05, 3.63) is 34.4 Å². The Morgan fingerprint density at radius 2 is 1.65 bits per heavy atom. The zero-order chi connectivity index (χ0) is 17.4. The van der Waals surface area contributed by atoms with E-state index in [1.165, 1.54) is 24.3 Å². The second-order valence-corrected chi connectivity index (χ2v) is 5.52. The monoisotopic (exact) mass is 323 g/mol. The Morgan fingerprint density at radius 1 is 1.09 bits per heavy atom. The van der Waals surface area contributed by atoms with E-state index in [1.54, 1.807) is 0 Å². The van der Waals surface area contributed by atoms with E-state index in [4.69, 9.17) is 9.47 Å². The Morgan fingerprint density at radius 3 is 2.17 bits per heavy atom. The van der Waals surface area contributed by atoms with Gasteiger partial charge in [0.25, 0.3) is 5.69 Å². The molecule has 126 valence electrons. The summed E-state index contributed by atoms with van der Waals surface area (Å²) in [6, 6.07) is 5.23. The first-order valence-electron chi connectivity index (χ1n) is 7.44. The summed E-state index contributed by atoms with van der Waals surface area (Å²) in [5.74, 6) is -0.361. The summed E-state index contributed by atoms with van der Waals surface area (Å²) in [5, 5.41) is 10.5. The van der Waals surface area contributed by atoms with E-state index in [2.05, 4.69) is 0 Å². The highest BCUT2D eigenvalue weighted by Crippen LogP contribution is 2.18. The van der Waals surface area contributed by atoms with Gasteiger partial charge in [-0.2, -0.15) is 0 Å². The molecule has 1 atom stereocenters. The Balaban J connectivity index is 2.31. The maximum absolute atomic E-state index is 11.6. The van der Waals surface area contributed by atoms with Gasteiger partial charge in [-0.05, 0) is 31.4 Å². The van der Waals surface area contributed by atoms with Crippen molar-refractivity contribution in [1.82, 2.24) is 0 Å². The van der Waals surface area contributed by atoms with E-state index in [1.807, 2.05) is 20.8 Å². The molecule has 0 aliphatic heterocycles. The lowest BCUT2D eigenvalue weighted by Gasteiger charge is -2.16. The lowest BCUT2D eigenvalue weighted by molar-refractivity contribution is -0.384. The van der Waals surface area contributed by atoms with Crippen LogP contribution in [-0.4, -0.2) is 23.0 Å². The molecule has 1 rings (SSSR count). The summed E-state index contributed by atoms with van der Waals surface area (Å²) in [6.45, 7) is 5.74. The van der Waals surface area contributed by atoms with Crippen LogP contribution in [0.1, 0.15) is 40.0 Å². The van der Waals surface area contributed by atoms with Gasteiger partial charge in [0.2, 0.25) is 0 Å². The summed E-state index contributed by atoms with van der Waals surface area (Å²) in [6.07, 6.45) is 0.388. The molecule has 0 heterocycles. The molecule has 0 radical (unpaired) electrons. The third kappa shape index (κ3) is 6.90. The van der Waals surface area contributed by atoms with Gasteiger partial charge in [-0.25, -0.2) is 0 Å². The number of carbonyl (C=O) groups is 2. The molecule has 0 bridgehead atoms. The van der Waals surface area contributed by atoms with Crippen molar-refractivity contribution in [3.8, 4) is 5.75 Å². The minimum atomic E-state index is -0.532. The summed E-state index contributed by atoms with van der Waals surface area (Å²) < 4.78 is 10.2. The number of nitro benzene ring substituents is 1. The lowest BCUT2D eigenvalue weighted by atomic mass is 10.1. The summed E-state index contributed by atoms with van der Waals surface area (Å²) in [5.41, 5.74) is -0.0770. The first kappa shape index (κ1) is 18.6. The number of hydrogen-bond donors (Lipinski definition) is 0. The van der Waals surface area contributed by atoms with Crippen LogP contribution in [0.2, 0.25) is 0 Å². The SMILES string of the molecule is CC(C)C(C)OC(=O)CCCC(=O)Oc1ccc([N+](=O)[O-])cc1. The van der Waals surface area contributed by atoms with Gasteiger partial charge in [-0.3, -0.25) is 19.7 Å². The maximum Gasteiger partial charge on any atom is 0.311 e. The van der Waals surface area contributed by atoms with Crippen LogP contribution in [0.15, 0.2) is 24.3 Å². The number of rotatable bonds is 8. The number of hydrogen-bond acceptors (Lipinski definition) is 6. The Hall–Kier alpha value is -2.44. The fourth-order valence-corrected chi connectivity index (χ4v) is 1.60. The predicted octanol–water partition coefficient (Wildman–Crippen LogP) is 3.26. The van der Waals surface area contributed by atoms with Crippen molar-refractivity contribution in [2.45, 2.75) is 46.1 Å². The van der Waals surface area contributed by atoms with Crippen LogP contribution in [0, 0.1) is 16.0 Å². The van der Waals surface area contributed by atoms with Crippen molar-refractivity contribution in [1.29, 1.82) is 0 Å². The minimum Gasteiger partial charge on any atom is -0.462 e.